The van der Waals surface area contributed by atoms with Crippen LogP contribution in [0.25, 0.3) is 11.4 Å². The smallest absolute Gasteiger partial charge is 0.255 e. The number of benzene rings is 2. The van der Waals surface area contributed by atoms with E-state index in [9.17, 15) is 4.79 Å². The summed E-state index contributed by atoms with van der Waals surface area (Å²) in [6, 6.07) is 15.6. The Morgan fingerprint density at radius 1 is 1.03 bits per heavy atom. The van der Waals surface area contributed by atoms with Crippen LogP contribution >= 0.6 is 15.9 Å². The van der Waals surface area contributed by atoms with Gasteiger partial charge in [0.05, 0.1) is 28.3 Å². The normalized spacial score (nSPS) is 10.9. The first-order valence-corrected chi connectivity index (χ1v) is 9.86. The fourth-order valence-electron chi connectivity index (χ4n) is 3.18. The van der Waals surface area contributed by atoms with Crippen molar-refractivity contribution >= 4 is 21.8 Å². The van der Waals surface area contributed by atoms with E-state index in [2.05, 4.69) is 36.4 Å². The van der Waals surface area contributed by atoms with Gasteiger partial charge in [0.1, 0.15) is 12.7 Å². The molecule has 4 aromatic rings. The van der Waals surface area contributed by atoms with E-state index in [0.717, 1.165) is 27.1 Å². The minimum Gasteiger partial charge on any atom is -0.348 e. The van der Waals surface area contributed by atoms with Crippen LogP contribution in [0.2, 0.25) is 0 Å². The summed E-state index contributed by atoms with van der Waals surface area (Å²) in [4.78, 5) is 16.8. The van der Waals surface area contributed by atoms with E-state index in [1.54, 1.807) is 15.7 Å². The van der Waals surface area contributed by atoms with E-state index in [-0.39, 0.29) is 5.91 Å². The van der Waals surface area contributed by atoms with Gasteiger partial charge >= 0.3 is 0 Å². The fraction of sp³-hybridized carbons (Fsp3) is 0.143. The van der Waals surface area contributed by atoms with Gasteiger partial charge in [-0.05, 0) is 55.8 Å². The Morgan fingerprint density at radius 2 is 1.72 bits per heavy atom. The molecule has 8 heteroatoms. The Kier molecular flexibility index (Phi) is 5.26. The summed E-state index contributed by atoms with van der Waals surface area (Å²) < 4.78 is 4.48. The second-order valence-corrected chi connectivity index (χ2v) is 7.54. The molecule has 29 heavy (non-hydrogen) atoms. The number of carbonyl (C=O) groups is 1. The lowest BCUT2D eigenvalue weighted by Crippen LogP contribution is -2.24. The molecule has 2 heterocycles. The fourth-order valence-corrected chi connectivity index (χ4v) is 3.45. The van der Waals surface area contributed by atoms with Crippen molar-refractivity contribution in [3.63, 3.8) is 0 Å². The van der Waals surface area contributed by atoms with Gasteiger partial charge in [-0.2, -0.15) is 10.2 Å². The molecule has 0 aliphatic heterocycles. The van der Waals surface area contributed by atoms with E-state index in [1.165, 1.54) is 6.33 Å². The summed E-state index contributed by atoms with van der Waals surface area (Å²) in [6.45, 7) is 4.19. The molecular weight excluding hydrogens is 432 g/mol. The third-order valence-corrected chi connectivity index (χ3v) is 5.19. The molecule has 0 fully saturated rings. The van der Waals surface area contributed by atoms with Gasteiger partial charge < -0.3 is 5.32 Å². The van der Waals surface area contributed by atoms with Gasteiger partial charge in [0.2, 0.25) is 0 Å². The van der Waals surface area contributed by atoms with Crippen LogP contribution < -0.4 is 5.32 Å². The highest BCUT2D eigenvalue weighted by atomic mass is 79.9. The molecule has 1 N–H and O–H groups in total. The maximum Gasteiger partial charge on any atom is 0.255 e. The van der Waals surface area contributed by atoms with Crippen molar-refractivity contribution in [2.24, 2.45) is 0 Å². The monoisotopic (exact) mass is 450 g/mol. The summed E-state index contributed by atoms with van der Waals surface area (Å²) in [5.41, 5.74) is 4.94. The number of nitrogens with one attached hydrogen (secondary N) is 1. The second kappa shape index (κ2) is 8.00. The van der Waals surface area contributed by atoms with Gasteiger partial charge in [0, 0.05) is 11.0 Å². The number of rotatable bonds is 5. The van der Waals surface area contributed by atoms with Crippen LogP contribution in [0.1, 0.15) is 27.3 Å². The number of carbonyl (C=O) groups excluding carboxylic acids is 1. The van der Waals surface area contributed by atoms with Gasteiger partial charge in [-0.1, -0.05) is 28.1 Å². The van der Waals surface area contributed by atoms with Crippen LogP contribution in [-0.4, -0.2) is 30.5 Å². The summed E-state index contributed by atoms with van der Waals surface area (Å²) in [6.07, 6.45) is 3.14. The van der Waals surface area contributed by atoms with Crippen LogP contribution in [0.3, 0.4) is 0 Å². The number of aryl methyl sites for hydroxylation is 1. The maximum absolute atomic E-state index is 12.8. The number of nitrogens with zero attached hydrogens (tertiary/aromatic N) is 5. The van der Waals surface area contributed by atoms with Crippen molar-refractivity contribution in [2.75, 3.05) is 0 Å². The summed E-state index contributed by atoms with van der Waals surface area (Å²) in [5.74, 6) is -0.135. The molecule has 0 saturated carbocycles. The Bertz CT molecular complexity index is 1130. The highest BCUT2D eigenvalue weighted by Crippen LogP contribution is 2.20. The third kappa shape index (κ3) is 3.97. The largest absolute Gasteiger partial charge is 0.348 e. The minimum absolute atomic E-state index is 0.135. The van der Waals surface area contributed by atoms with Crippen molar-refractivity contribution in [1.82, 2.24) is 29.9 Å². The van der Waals surface area contributed by atoms with Crippen molar-refractivity contribution in [1.29, 1.82) is 0 Å². The zero-order valence-corrected chi connectivity index (χ0v) is 17.6. The predicted octanol–water partition coefficient (Wildman–Crippen LogP) is 3.76. The molecule has 0 atom stereocenters. The van der Waals surface area contributed by atoms with Crippen molar-refractivity contribution in [2.45, 2.75) is 20.4 Å². The van der Waals surface area contributed by atoms with Crippen LogP contribution in [0.5, 0.6) is 0 Å². The van der Waals surface area contributed by atoms with Crippen LogP contribution in [0.4, 0.5) is 0 Å². The average Bonchev–Trinajstić information content (AvgIpc) is 3.36. The zero-order chi connectivity index (χ0) is 20.4. The van der Waals surface area contributed by atoms with Gasteiger partial charge in [-0.15, -0.1) is 0 Å². The first-order valence-electron chi connectivity index (χ1n) is 9.07. The molecule has 1 amide bonds. The molecule has 0 bridgehead atoms. The molecule has 0 radical (unpaired) electrons. The summed E-state index contributed by atoms with van der Waals surface area (Å²) in [5, 5.41) is 11.6. The molecule has 2 aromatic heterocycles. The summed E-state index contributed by atoms with van der Waals surface area (Å²) >= 11 is 3.44. The summed E-state index contributed by atoms with van der Waals surface area (Å²) in [7, 11) is 0. The molecule has 2 aromatic carbocycles. The molecule has 0 unspecified atom stereocenters. The standard InChI is InChI=1S/C21H19BrN6O/c1-14-20(15(2)28(26-14)19-9-5-17(22)6-10-19)21(29)24-11-16-3-7-18(8-4-16)27-13-23-12-25-27/h3-10,12-13H,11H2,1-2H3,(H,24,29). The molecule has 4 rings (SSSR count). The van der Waals surface area contributed by atoms with E-state index < -0.39 is 0 Å². The molecule has 0 aliphatic carbocycles. The Hall–Kier alpha value is -3.26. The number of hydrogen-bond acceptors (Lipinski definition) is 4. The maximum atomic E-state index is 12.8. The zero-order valence-electron chi connectivity index (χ0n) is 16.0. The first kappa shape index (κ1) is 19.1. The molecule has 0 spiro atoms. The predicted molar refractivity (Wildman–Crippen MR) is 113 cm³/mol. The second-order valence-electron chi connectivity index (χ2n) is 6.62. The molecule has 146 valence electrons. The SMILES string of the molecule is Cc1nn(-c2ccc(Br)cc2)c(C)c1C(=O)NCc1ccc(-n2cncn2)cc1. The number of amides is 1. The molecule has 0 aliphatic rings. The van der Waals surface area contributed by atoms with Crippen LogP contribution in [0, 0.1) is 13.8 Å². The topological polar surface area (TPSA) is 77.6 Å². The Morgan fingerprint density at radius 3 is 2.38 bits per heavy atom. The lowest BCUT2D eigenvalue weighted by Gasteiger charge is -2.08. The minimum atomic E-state index is -0.135. The van der Waals surface area contributed by atoms with E-state index >= 15 is 0 Å². The molecule has 0 saturated heterocycles. The van der Waals surface area contributed by atoms with Crippen molar-refractivity contribution < 1.29 is 4.79 Å². The first-order chi connectivity index (χ1) is 14.0. The Labute approximate surface area is 176 Å². The van der Waals surface area contributed by atoms with E-state index in [4.69, 9.17) is 0 Å². The van der Waals surface area contributed by atoms with Crippen LogP contribution in [-0.2, 0) is 6.54 Å². The van der Waals surface area contributed by atoms with Gasteiger partial charge in [0.15, 0.2) is 0 Å². The van der Waals surface area contributed by atoms with Crippen LogP contribution in [0.15, 0.2) is 65.7 Å². The highest BCUT2D eigenvalue weighted by molar-refractivity contribution is 9.10. The van der Waals surface area contributed by atoms with Gasteiger partial charge in [-0.25, -0.2) is 14.3 Å². The van der Waals surface area contributed by atoms with E-state index in [1.807, 2.05) is 62.4 Å². The quantitative estimate of drug-likeness (QED) is 0.501. The molecular formula is C21H19BrN6O. The average molecular weight is 451 g/mol. The third-order valence-electron chi connectivity index (χ3n) is 4.66. The lowest BCUT2D eigenvalue weighted by atomic mass is 10.1. The molecule has 7 nitrogen and oxygen atoms in total. The van der Waals surface area contributed by atoms with Gasteiger partial charge in [0.25, 0.3) is 5.91 Å². The van der Waals surface area contributed by atoms with Gasteiger partial charge in [-0.3, -0.25) is 4.79 Å². The van der Waals surface area contributed by atoms with Crippen molar-refractivity contribution in [3.8, 4) is 11.4 Å². The Balaban J connectivity index is 1.48. The number of aromatic nitrogens is 5. The number of hydrogen-bond donors (Lipinski definition) is 1. The van der Waals surface area contributed by atoms with Crippen molar-refractivity contribution in [3.05, 3.63) is 88.2 Å². The highest BCUT2D eigenvalue weighted by Gasteiger charge is 2.19. The van der Waals surface area contributed by atoms with E-state index in [0.29, 0.717) is 17.8 Å². The lowest BCUT2D eigenvalue weighted by molar-refractivity contribution is 0.0949. The number of halogens is 1.